The summed E-state index contributed by atoms with van der Waals surface area (Å²) in [7, 11) is 0. The molecule has 188 valence electrons. The van der Waals surface area contributed by atoms with Gasteiger partial charge in [-0.05, 0) is 59.0 Å². The number of rotatable bonds is 8. The third-order valence-corrected chi connectivity index (χ3v) is 5.70. The number of ether oxygens (including phenoxy) is 2. The second-order valence-corrected chi connectivity index (χ2v) is 8.19. The summed E-state index contributed by atoms with van der Waals surface area (Å²) in [5, 5.41) is 19.1. The minimum atomic E-state index is -0.0985. The van der Waals surface area contributed by atoms with E-state index in [1.807, 2.05) is 42.5 Å². The highest BCUT2D eigenvalue weighted by Gasteiger charge is 2.12. The number of fused-ring (bicyclic) bond motifs is 2. The fraction of sp³-hybridized carbons (Fsp3) is 0.143. The molecule has 0 unspecified atom stereocenters. The standard InChI is InChI=1S/C25H21N5O.C3H6O3/c1-16-11-18-7-8-19(24(26)27)14-23(18)30(16)15-20-13-21(31-25-28-9-4-10-29-25)12-17-5-2-3-6-22(17)20;4-1-2-6-3-5/h2-14H,15H2,1H3,(H3,26,27);3-4H,1-2H2. The van der Waals surface area contributed by atoms with Gasteiger partial charge in [0.1, 0.15) is 18.2 Å². The molecule has 0 fully saturated rings. The molecule has 9 heteroatoms. The summed E-state index contributed by atoms with van der Waals surface area (Å²) in [6, 6.07) is 22.4. The Kier molecular flexibility index (Phi) is 8.07. The molecule has 0 saturated heterocycles. The van der Waals surface area contributed by atoms with Gasteiger partial charge in [0.05, 0.1) is 6.61 Å². The third kappa shape index (κ3) is 6.09. The minimum absolute atomic E-state index is 0.0658. The molecular formula is C28H27N5O4. The molecule has 0 spiro atoms. The van der Waals surface area contributed by atoms with Crippen LogP contribution in [0.15, 0.2) is 79.1 Å². The third-order valence-electron chi connectivity index (χ3n) is 5.70. The molecule has 37 heavy (non-hydrogen) atoms. The first-order valence-corrected chi connectivity index (χ1v) is 11.6. The SMILES string of the molecule is Cc1cc2ccc(C(=N)N)cc2n1Cc1cc(Oc2ncccn2)cc2ccccc12.O=COCCO. The number of nitrogen functional groups attached to an aromatic ring is 1. The van der Waals surface area contributed by atoms with E-state index >= 15 is 0 Å². The Balaban J connectivity index is 0.000000480. The van der Waals surface area contributed by atoms with E-state index in [9.17, 15) is 4.79 Å². The van der Waals surface area contributed by atoms with Gasteiger partial charge in [-0.15, -0.1) is 0 Å². The van der Waals surface area contributed by atoms with Crippen LogP contribution in [0.1, 0.15) is 16.8 Å². The molecule has 0 amide bonds. The van der Waals surface area contributed by atoms with Crippen molar-refractivity contribution in [1.82, 2.24) is 14.5 Å². The Bertz CT molecular complexity index is 1530. The minimum Gasteiger partial charge on any atom is -0.465 e. The number of nitrogens with zero attached hydrogens (tertiary/aromatic N) is 3. The second-order valence-electron chi connectivity index (χ2n) is 8.19. The van der Waals surface area contributed by atoms with Crippen molar-refractivity contribution in [3.05, 3.63) is 95.9 Å². The molecule has 0 bridgehead atoms. The Hall–Kier alpha value is -4.76. The highest BCUT2D eigenvalue weighted by molar-refractivity contribution is 5.99. The van der Waals surface area contributed by atoms with E-state index in [-0.39, 0.29) is 19.0 Å². The fourth-order valence-corrected chi connectivity index (χ4v) is 4.03. The summed E-state index contributed by atoms with van der Waals surface area (Å²) in [4.78, 5) is 17.6. The highest BCUT2D eigenvalue weighted by Crippen LogP contribution is 2.30. The lowest BCUT2D eigenvalue weighted by molar-refractivity contribution is -0.129. The first-order chi connectivity index (χ1) is 18.0. The van der Waals surface area contributed by atoms with Crippen LogP contribution in [0.3, 0.4) is 0 Å². The molecule has 5 rings (SSSR count). The van der Waals surface area contributed by atoms with Crippen molar-refractivity contribution in [1.29, 1.82) is 5.41 Å². The number of carbonyl (C=O) groups is 1. The van der Waals surface area contributed by atoms with E-state index in [2.05, 4.69) is 44.4 Å². The molecule has 9 nitrogen and oxygen atoms in total. The summed E-state index contributed by atoms with van der Waals surface area (Å²) >= 11 is 0. The average molecular weight is 498 g/mol. The predicted octanol–water partition coefficient (Wildman–Crippen LogP) is 4.17. The quantitative estimate of drug-likeness (QED) is 0.127. The van der Waals surface area contributed by atoms with Crippen molar-refractivity contribution >= 4 is 34.0 Å². The fourth-order valence-electron chi connectivity index (χ4n) is 4.03. The van der Waals surface area contributed by atoms with Gasteiger partial charge in [0.25, 0.3) is 6.47 Å². The van der Waals surface area contributed by atoms with E-state index in [0.29, 0.717) is 24.8 Å². The molecule has 0 aliphatic carbocycles. The van der Waals surface area contributed by atoms with Crippen LogP contribution >= 0.6 is 0 Å². The first-order valence-electron chi connectivity index (χ1n) is 11.6. The number of amidine groups is 1. The van der Waals surface area contributed by atoms with Gasteiger partial charge >= 0.3 is 6.01 Å². The molecule has 5 aromatic rings. The van der Waals surface area contributed by atoms with E-state index in [1.165, 1.54) is 0 Å². The van der Waals surface area contributed by atoms with Gasteiger partial charge in [0, 0.05) is 35.7 Å². The molecule has 2 heterocycles. The molecule has 0 aliphatic heterocycles. The van der Waals surface area contributed by atoms with Crippen molar-refractivity contribution < 1.29 is 19.4 Å². The van der Waals surface area contributed by atoms with Crippen LogP contribution in [0, 0.1) is 12.3 Å². The van der Waals surface area contributed by atoms with Gasteiger partial charge in [-0.2, -0.15) is 0 Å². The molecule has 0 saturated carbocycles. The summed E-state index contributed by atoms with van der Waals surface area (Å²) in [6.07, 6.45) is 3.32. The Morgan fingerprint density at radius 1 is 1.05 bits per heavy atom. The summed E-state index contributed by atoms with van der Waals surface area (Å²) in [6.45, 7) is 3.05. The Morgan fingerprint density at radius 3 is 2.54 bits per heavy atom. The molecular weight excluding hydrogens is 470 g/mol. The lowest BCUT2D eigenvalue weighted by Crippen LogP contribution is -2.11. The number of carbonyl (C=O) groups excluding carboxylic acids is 1. The number of nitrogens with one attached hydrogen (secondary N) is 1. The smallest absolute Gasteiger partial charge is 0.321 e. The number of aryl methyl sites for hydroxylation is 1. The van der Waals surface area contributed by atoms with E-state index in [1.54, 1.807) is 18.5 Å². The molecule has 3 aromatic carbocycles. The second kappa shape index (κ2) is 11.8. The summed E-state index contributed by atoms with van der Waals surface area (Å²) in [5.74, 6) is 0.759. The van der Waals surface area contributed by atoms with Crippen LogP contribution in [-0.4, -0.2) is 45.2 Å². The number of nitrogens with two attached hydrogens (primary N) is 1. The van der Waals surface area contributed by atoms with Gasteiger partial charge in [0.15, 0.2) is 0 Å². The van der Waals surface area contributed by atoms with Gasteiger partial charge in [-0.3, -0.25) is 10.2 Å². The van der Waals surface area contributed by atoms with Crippen molar-refractivity contribution in [3.8, 4) is 11.8 Å². The molecule has 0 radical (unpaired) electrons. The van der Waals surface area contributed by atoms with E-state index in [0.717, 1.165) is 38.5 Å². The topological polar surface area (TPSA) is 136 Å². The zero-order chi connectivity index (χ0) is 26.2. The highest BCUT2D eigenvalue weighted by atomic mass is 16.5. The zero-order valence-corrected chi connectivity index (χ0v) is 20.3. The predicted molar refractivity (Wildman–Crippen MR) is 142 cm³/mol. The van der Waals surface area contributed by atoms with Gasteiger partial charge in [-0.25, -0.2) is 9.97 Å². The Labute approximate surface area is 213 Å². The molecule has 2 aromatic heterocycles. The van der Waals surface area contributed by atoms with Crippen LogP contribution in [0.5, 0.6) is 11.8 Å². The summed E-state index contributed by atoms with van der Waals surface area (Å²) < 4.78 is 12.2. The largest absolute Gasteiger partial charge is 0.465 e. The number of aliphatic hydroxyl groups is 1. The van der Waals surface area contributed by atoms with E-state index in [4.69, 9.17) is 21.0 Å². The van der Waals surface area contributed by atoms with E-state index < -0.39 is 0 Å². The lowest BCUT2D eigenvalue weighted by atomic mass is 10.0. The molecule has 4 N–H and O–H groups in total. The number of hydrogen-bond donors (Lipinski definition) is 3. The van der Waals surface area contributed by atoms with Crippen molar-refractivity contribution in [2.75, 3.05) is 13.2 Å². The van der Waals surface area contributed by atoms with Crippen LogP contribution in [0.2, 0.25) is 0 Å². The van der Waals surface area contributed by atoms with Crippen LogP contribution in [0.4, 0.5) is 0 Å². The maximum atomic E-state index is 9.23. The van der Waals surface area contributed by atoms with Gasteiger partial charge in [0.2, 0.25) is 0 Å². The first kappa shape index (κ1) is 25.3. The molecule has 0 aliphatic rings. The van der Waals surface area contributed by atoms with Crippen LogP contribution in [0.25, 0.3) is 21.7 Å². The summed E-state index contributed by atoms with van der Waals surface area (Å²) in [5.41, 5.74) is 9.75. The van der Waals surface area contributed by atoms with Gasteiger partial charge < -0.3 is 24.9 Å². The Morgan fingerprint density at radius 2 is 1.84 bits per heavy atom. The number of aliphatic hydroxyl groups excluding tert-OH is 1. The monoisotopic (exact) mass is 497 g/mol. The lowest BCUT2D eigenvalue weighted by Gasteiger charge is -2.14. The van der Waals surface area contributed by atoms with Crippen molar-refractivity contribution in [2.45, 2.75) is 13.5 Å². The normalized spacial score (nSPS) is 10.5. The maximum absolute atomic E-state index is 9.23. The number of hydrogen-bond acceptors (Lipinski definition) is 7. The zero-order valence-electron chi connectivity index (χ0n) is 20.3. The maximum Gasteiger partial charge on any atom is 0.321 e. The van der Waals surface area contributed by atoms with Crippen LogP contribution in [-0.2, 0) is 16.1 Å². The molecule has 0 atom stereocenters. The number of benzene rings is 3. The number of aromatic nitrogens is 3. The van der Waals surface area contributed by atoms with Gasteiger partial charge in [-0.1, -0.05) is 36.4 Å². The average Bonchev–Trinajstić information content (AvgIpc) is 3.22. The van der Waals surface area contributed by atoms with Crippen molar-refractivity contribution in [3.63, 3.8) is 0 Å². The van der Waals surface area contributed by atoms with Crippen LogP contribution < -0.4 is 10.5 Å². The van der Waals surface area contributed by atoms with Crippen molar-refractivity contribution in [2.24, 2.45) is 5.73 Å².